The predicted octanol–water partition coefficient (Wildman–Crippen LogP) is 1.89. The van der Waals surface area contributed by atoms with Crippen molar-refractivity contribution < 1.29 is 13.5 Å². The van der Waals surface area contributed by atoms with E-state index in [9.17, 15) is 13.6 Å². The first-order chi connectivity index (χ1) is 11.4. The molecule has 3 aromatic rings. The number of fused-ring (bicyclic) bond motifs is 1. The van der Waals surface area contributed by atoms with Gasteiger partial charge in [0.1, 0.15) is 11.1 Å². The predicted molar refractivity (Wildman–Crippen MR) is 84.3 cm³/mol. The molecule has 0 radical (unpaired) electrons. The van der Waals surface area contributed by atoms with Crippen LogP contribution >= 0.6 is 0 Å². The highest BCUT2D eigenvalue weighted by atomic mass is 19.3. The molecule has 0 bridgehead atoms. The van der Waals surface area contributed by atoms with Gasteiger partial charge < -0.3 is 9.64 Å². The van der Waals surface area contributed by atoms with E-state index in [2.05, 4.69) is 19.8 Å². The summed E-state index contributed by atoms with van der Waals surface area (Å²) >= 11 is 0. The number of hydrogen-bond donors (Lipinski definition) is 1. The summed E-state index contributed by atoms with van der Waals surface area (Å²) in [5, 5.41) is 4.41. The summed E-state index contributed by atoms with van der Waals surface area (Å²) in [5.74, 6) is 0.440. The second-order valence-electron chi connectivity index (χ2n) is 5.28. The highest BCUT2D eigenvalue weighted by Gasteiger charge is 2.12. The maximum atomic E-state index is 12.3. The van der Waals surface area contributed by atoms with E-state index < -0.39 is 6.61 Å². The van der Waals surface area contributed by atoms with Crippen molar-refractivity contribution in [2.45, 2.75) is 13.2 Å². The van der Waals surface area contributed by atoms with Gasteiger partial charge in [-0.25, -0.2) is 0 Å². The van der Waals surface area contributed by atoms with Crippen molar-refractivity contribution in [3.63, 3.8) is 0 Å². The van der Waals surface area contributed by atoms with Crippen LogP contribution in [0.15, 0.2) is 35.3 Å². The fraction of sp³-hybridized carbons (Fsp3) is 0.267. The van der Waals surface area contributed by atoms with E-state index in [1.54, 1.807) is 31.1 Å². The molecule has 2 heterocycles. The van der Waals surface area contributed by atoms with Gasteiger partial charge in [0.05, 0.1) is 6.20 Å². The molecule has 0 amide bonds. The molecule has 1 N–H and O–H groups in total. The van der Waals surface area contributed by atoms with Crippen LogP contribution in [-0.4, -0.2) is 33.4 Å². The SMILES string of the molecule is CN(Cc1cccc(OC(F)F)c1)c1nc2c(cnn2C)c(=O)[nH]1. The lowest BCUT2D eigenvalue weighted by Gasteiger charge is -2.18. The molecular weight excluding hydrogens is 320 g/mol. The Bertz CT molecular complexity index is 922. The van der Waals surface area contributed by atoms with Gasteiger partial charge in [-0.15, -0.1) is 0 Å². The van der Waals surface area contributed by atoms with Crippen LogP contribution in [0.1, 0.15) is 5.56 Å². The first kappa shape index (κ1) is 15.9. The van der Waals surface area contributed by atoms with Crippen LogP contribution in [0, 0.1) is 0 Å². The topological polar surface area (TPSA) is 76.0 Å². The summed E-state index contributed by atoms with van der Waals surface area (Å²) in [6.07, 6.45) is 1.45. The smallest absolute Gasteiger partial charge is 0.387 e. The van der Waals surface area contributed by atoms with Crippen molar-refractivity contribution in [3.8, 4) is 5.75 Å². The second kappa shape index (κ2) is 6.26. The van der Waals surface area contributed by atoms with Gasteiger partial charge in [-0.05, 0) is 17.7 Å². The zero-order valence-electron chi connectivity index (χ0n) is 13.0. The molecule has 0 saturated heterocycles. The zero-order chi connectivity index (χ0) is 17.3. The van der Waals surface area contributed by atoms with Gasteiger partial charge in [0, 0.05) is 20.6 Å². The maximum Gasteiger partial charge on any atom is 0.387 e. The molecule has 9 heteroatoms. The van der Waals surface area contributed by atoms with E-state index in [0.29, 0.717) is 23.5 Å². The van der Waals surface area contributed by atoms with Crippen molar-refractivity contribution in [2.75, 3.05) is 11.9 Å². The average Bonchev–Trinajstić information content (AvgIpc) is 2.89. The Kier molecular flexibility index (Phi) is 4.15. The number of aryl methyl sites for hydroxylation is 1. The number of nitrogens with zero attached hydrogens (tertiary/aromatic N) is 4. The Balaban J connectivity index is 1.86. The third-order valence-corrected chi connectivity index (χ3v) is 3.49. The van der Waals surface area contributed by atoms with Crippen molar-refractivity contribution in [2.24, 2.45) is 7.05 Å². The van der Waals surface area contributed by atoms with Gasteiger partial charge >= 0.3 is 6.61 Å². The standard InChI is InChI=1S/C15H15F2N5O2/c1-21(8-9-4-3-5-10(6-9)24-14(16)17)15-19-12-11(13(23)20-15)7-18-22(12)2/h3-7,14H,8H2,1-2H3,(H,19,20,23). The van der Waals surface area contributed by atoms with Gasteiger partial charge in [0.25, 0.3) is 5.56 Å². The summed E-state index contributed by atoms with van der Waals surface area (Å²) in [4.78, 5) is 20.8. The summed E-state index contributed by atoms with van der Waals surface area (Å²) < 4.78 is 30.5. The Morgan fingerprint density at radius 2 is 2.21 bits per heavy atom. The number of hydrogen-bond acceptors (Lipinski definition) is 5. The van der Waals surface area contributed by atoms with Crippen LogP contribution in [-0.2, 0) is 13.6 Å². The number of H-pyrrole nitrogens is 1. The minimum atomic E-state index is -2.87. The lowest BCUT2D eigenvalue weighted by molar-refractivity contribution is -0.0498. The van der Waals surface area contributed by atoms with E-state index >= 15 is 0 Å². The summed E-state index contributed by atoms with van der Waals surface area (Å²) in [7, 11) is 3.44. The first-order valence-electron chi connectivity index (χ1n) is 7.11. The monoisotopic (exact) mass is 335 g/mol. The van der Waals surface area contributed by atoms with Crippen molar-refractivity contribution in [1.29, 1.82) is 0 Å². The number of alkyl halides is 2. The zero-order valence-corrected chi connectivity index (χ0v) is 13.0. The van der Waals surface area contributed by atoms with Gasteiger partial charge in [-0.1, -0.05) is 12.1 Å². The van der Waals surface area contributed by atoms with Crippen LogP contribution in [0.2, 0.25) is 0 Å². The number of anilines is 1. The molecule has 0 unspecified atom stereocenters. The summed E-state index contributed by atoms with van der Waals surface area (Å²) in [6.45, 7) is -2.52. The number of nitrogens with one attached hydrogen (secondary N) is 1. The fourth-order valence-corrected chi connectivity index (χ4v) is 2.37. The van der Waals surface area contributed by atoms with Crippen LogP contribution < -0.4 is 15.2 Å². The second-order valence-corrected chi connectivity index (χ2v) is 5.28. The Labute approximate surface area is 135 Å². The number of aromatic amines is 1. The molecule has 0 fully saturated rings. The van der Waals surface area contributed by atoms with Crippen molar-refractivity contribution >= 4 is 17.0 Å². The summed E-state index contributed by atoms with van der Waals surface area (Å²) in [5.41, 5.74) is 0.920. The Morgan fingerprint density at radius 1 is 1.42 bits per heavy atom. The Hall–Kier alpha value is -2.97. The van der Waals surface area contributed by atoms with Crippen molar-refractivity contribution in [3.05, 3.63) is 46.4 Å². The molecule has 0 atom stereocenters. The molecular formula is C15H15F2N5O2. The molecule has 1 aromatic carbocycles. The van der Waals surface area contributed by atoms with Crippen molar-refractivity contribution in [1.82, 2.24) is 19.7 Å². The largest absolute Gasteiger partial charge is 0.435 e. The fourth-order valence-electron chi connectivity index (χ4n) is 2.37. The number of rotatable bonds is 5. The minimum absolute atomic E-state index is 0.0828. The molecule has 126 valence electrons. The van der Waals surface area contributed by atoms with Crippen LogP contribution in [0.5, 0.6) is 5.75 Å². The highest BCUT2D eigenvalue weighted by molar-refractivity contribution is 5.74. The van der Waals surface area contributed by atoms with E-state index in [-0.39, 0.29) is 11.3 Å². The van der Waals surface area contributed by atoms with Gasteiger partial charge in [-0.3, -0.25) is 14.5 Å². The normalized spacial score (nSPS) is 11.2. The lowest BCUT2D eigenvalue weighted by atomic mass is 10.2. The highest BCUT2D eigenvalue weighted by Crippen LogP contribution is 2.18. The molecule has 0 aliphatic rings. The van der Waals surface area contributed by atoms with Crippen LogP contribution in [0.25, 0.3) is 11.0 Å². The van der Waals surface area contributed by atoms with E-state index in [1.165, 1.54) is 23.0 Å². The molecule has 3 rings (SSSR count). The van der Waals surface area contributed by atoms with Gasteiger partial charge in [0.2, 0.25) is 5.95 Å². The van der Waals surface area contributed by atoms with E-state index in [4.69, 9.17) is 0 Å². The van der Waals surface area contributed by atoms with E-state index in [1.807, 2.05) is 0 Å². The molecule has 0 aliphatic carbocycles. The first-order valence-corrected chi connectivity index (χ1v) is 7.11. The lowest BCUT2D eigenvalue weighted by Crippen LogP contribution is -2.23. The molecule has 2 aromatic heterocycles. The molecule has 0 spiro atoms. The quantitative estimate of drug-likeness (QED) is 0.771. The van der Waals surface area contributed by atoms with Gasteiger partial charge in [0.15, 0.2) is 5.65 Å². The average molecular weight is 335 g/mol. The number of ether oxygens (including phenoxy) is 1. The molecule has 24 heavy (non-hydrogen) atoms. The molecule has 0 aliphatic heterocycles. The van der Waals surface area contributed by atoms with Crippen LogP contribution in [0.3, 0.4) is 0 Å². The third kappa shape index (κ3) is 3.19. The van der Waals surface area contributed by atoms with E-state index in [0.717, 1.165) is 5.56 Å². The number of halogens is 2. The number of benzene rings is 1. The molecule has 0 saturated carbocycles. The summed E-state index contributed by atoms with van der Waals surface area (Å²) in [6, 6.07) is 6.37. The Morgan fingerprint density at radius 3 is 2.96 bits per heavy atom. The van der Waals surface area contributed by atoms with Gasteiger partial charge in [-0.2, -0.15) is 18.9 Å². The number of aromatic nitrogens is 4. The molecule has 7 nitrogen and oxygen atoms in total. The minimum Gasteiger partial charge on any atom is -0.435 e. The maximum absolute atomic E-state index is 12.3. The third-order valence-electron chi connectivity index (χ3n) is 3.49. The van der Waals surface area contributed by atoms with Crippen LogP contribution in [0.4, 0.5) is 14.7 Å².